The molecule has 0 unspecified atom stereocenters. The van der Waals surface area contributed by atoms with Crippen LogP contribution in [0.25, 0.3) is 0 Å². The number of aliphatic hydroxyl groups excluding tert-OH is 1. The van der Waals surface area contributed by atoms with Crippen molar-refractivity contribution in [2.24, 2.45) is 0 Å². The van der Waals surface area contributed by atoms with E-state index >= 15 is 0 Å². The number of hydrogen-bond donors (Lipinski definition) is 1. The van der Waals surface area contributed by atoms with Gasteiger partial charge in [0.1, 0.15) is 11.5 Å². The van der Waals surface area contributed by atoms with Crippen molar-refractivity contribution in [1.29, 1.82) is 0 Å². The summed E-state index contributed by atoms with van der Waals surface area (Å²) in [7, 11) is 0. The Balaban J connectivity index is 1.77. The van der Waals surface area contributed by atoms with Gasteiger partial charge in [-0.15, -0.1) is 0 Å². The number of carbonyl (C=O) groups is 1. The third-order valence-corrected chi connectivity index (χ3v) is 3.81. The van der Waals surface area contributed by atoms with Gasteiger partial charge in [-0.2, -0.15) is 0 Å². The van der Waals surface area contributed by atoms with Crippen LogP contribution in [0.15, 0.2) is 79.1 Å². The summed E-state index contributed by atoms with van der Waals surface area (Å²) < 4.78 is 5.80. The van der Waals surface area contributed by atoms with E-state index in [0.717, 1.165) is 5.56 Å². The van der Waals surface area contributed by atoms with Gasteiger partial charge in [-0.05, 0) is 42.0 Å². The highest BCUT2D eigenvalue weighted by molar-refractivity contribution is 5.94. The number of benzene rings is 2. The van der Waals surface area contributed by atoms with E-state index in [0.29, 0.717) is 23.6 Å². The van der Waals surface area contributed by atoms with Crippen LogP contribution < -0.4 is 4.74 Å². The van der Waals surface area contributed by atoms with E-state index < -0.39 is 0 Å². The second-order valence-corrected chi connectivity index (χ2v) is 5.75. The van der Waals surface area contributed by atoms with Crippen molar-refractivity contribution in [3.05, 3.63) is 90.3 Å². The van der Waals surface area contributed by atoms with Crippen molar-refractivity contribution in [2.75, 3.05) is 13.2 Å². The lowest BCUT2D eigenvalue weighted by molar-refractivity contribution is 0.0707. The van der Waals surface area contributed by atoms with Crippen LogP contribution in [0, 0.1) is 0 Å². The fourth-order valence-electron chi connectivity index (χ4n) is 2.58. The van der Waals surface area contributed by atoms with Crippen molar-refractivity contribution in [3.63, 3.8) is 0 Å². The number of pyridine rings is 1. The van der Waals surface area contributed by atoms with Gasteiger partial charge in [-0.3, -0.25) is 9.78 Å². The van der Waals surface area contributed by atoms with Gasteiger partial charge in [0.15, 0.2) is 0 Å². The zero-order valence-electron chi connectivity index (χ0n) is 14.3. The van der Waals surface area contributed by atoms with Gasteiger partial charge in [0, 0.05) is 31.0 Å². The first-order chi connectivity index (χ1) is 12.8. The number of ether oxygens (including phenoxy) is 1. The molecule has 0 spiro atoms. The Morgan fingerprint density at radius 1 is 1.00 bits per heavy atom. The topological polar surface area (TPSA) is 62.7 Å². The Morgan fingerprint density at radius 2 is 1.81 bits per heavy atom. The summed E-state index contributed by atoms with van der Waals surface area (Å²) >= 11 is 0. The maximum atomic E-state index is 12.9. The highest BCUT2D eigenvalue weighted by Crippen LogP contribution is 2.22. The highest BCUT2D eigenvalue weighted by Gasteiger charge is 2.16. The number of rotatable bonds is 7. The first kappa shape index (κ1) is 17.6. The summed E-state index contributed by atoms with van der Waals surface area (Å²) in [6, 6.07) is 20.2. The molecule has 0 saturated carbocycles. The summed E-state index contributed by atoms with van der Waals surface area (Å²) in [6.07, 6.45) is 3.40. The minimum absolute atomic E-state index is 0.105. The molecule has 3 aromatic rings. The molecule has 0 radical (unpaired) electrons. The van der Waals surface area contributed by atoms with Gasteiger partial charge in [0.25, 0.3) is 5.91 Å². The van der Waals surface area contributed by atoms with Crippen LogP contribution in [0.4, 0.5) is 0 Å². The molecular formula is C21H20N2O3. The van der Waals surface area contributed by atoms with E-state index in [-0.39, 0.29) is 19.1 Å². The summed E-state index contributed by atoms with van der Waals surface area (Å²) in [5, 5.41) is 9.33. The van der Waals surface area contributed by atoms with Crippen LogP contribution in [-0.2, 0) is 6.54 Å². The highest BCUT2D eigenvalue weighted by atomic mass is 16.5. The molecule has 0 aliphatic rings. The third-order valence-electron chi connectivity index (χ3n) is 3.81. The van der Waals surface area contributed by atoms with Gasteiger partial charge in [-0.1, -0.05) is 30.3 Å². The second kappa shape index (κ2) is 8.78. The van der Waals surface area contributed by atoms with Gasteiger partial charge in [0.05, 0.1) is 6.61 Å². The van der Waals surface area contributed by atoms with Gasteiger partial charge < -0.3 is 14.7 Å². The van der Waals surface area contributed by atoms with Crippen LogP contribution in [0.1, 0.15) is 15.9 Å². The molecule has 132 valence electrons. The monoisotopic (exact) mass is 348 g/mol. The number of aromatic nitrogens is 1. The first-order valence-electron chi connectivity index (χ1n) is 8.38. The molecule has 5 nitrogen and oxygen atoms in total. The molecule has 1 N–H and O–H groups in total. The molecule has 1 heterocycles. The normalized spacial score (nSPS) is 10.3. The van der Waals surface area contributed by atoms with Gasteiger partial charge in [0.2, 0.25) is 0 Å². The van der Waals surface area contributed by atoms with E-state index in [2.05, 4.69) is 4.98 Å². The molecule has 1 aromatic heterocycles. The molecule has 5 heteroatoms. The Morgan fingerprint density at radius 3 is 2.54 bits per heavy atom. The molecule has 1 amide bonds. The zero-order valence-corrected chi connectivity index (χ0v) is 14.3. The van der Waals surface area contributed by atoms with E-state index in [9.17, 15) is 9.90 Å². The summed E-state index contributed by atoms with van der Waals surface area (Å²) in [6.45, 7) is 0.528. The molecule has 26 heavy (non-hydrogen) atoms. The average Bonchev–Trinajstić information content (AvgIpc) is 2.69. The quantitative estimate of drug-likeness (QED) is 0.710. The number of aliphatic hydroxyl groups is 1. The zero-order chi connectivity index (χ0) is 18.2. The van der Waals surface area contributed by atoms with E-state index in [1.54, 1.807) is 41.6 Å². The smallest absolute Gasteiger partial charge is 0.254 e. The Bertz CT molecular complexity index is 838. The second-order valence-electron chi connectivity index (χ2n) is 5.75. The van der Waals surface area contributed by atoms with E-state index in [4.69, 9.17) is 4.74 Å². The first-order valence-corrected chi connectivity index (χ1v) is 8.38. The fourth-order valence-corrected chi connectivity index (χ4v) is 2.58. The fraction of sp³-hybridized carbons (Fsp3) is 0.143. The Labute approximate surface area is 152 Å². The molecule has 0 atom stereocenters. The maximum absolute atomic E-state index is 12.9. The van der Waals surface area contributed by atoms with Crippen LogP contribution in [-0.4, -0.2) is 34.0 Å². The van der Waals surface area contributed by atoms with Crippen molar-refractivity contribution in [3.8, 4) is 11.5 Å². The number of carbonyl (C=O) groups excluding carboxylic acids is 1. The summed E-state index contributed by atoms with van der Waals surface area (Å²) in [5.74, 6) is 1.13. The van der Waals surface area contributed by atoms with Gasteiger partial charge >= 0.3 is 0 Å². The Kier molecular flexibility index (Phi) is 5.96. The van der Waals surface area contributed by atoms with Crippen molar-refractivity contribution in [1.82, 2.24) is 9.88 Å². The standard InChI is InChI=1S/C21H20N2O3/c24-13-12-23(16-17-6-5-11-22-15-17)21(25)18-7-4-10-20(14-18)26-19-8-2-1-3-9-19/h1-11,14-15,24H,12-13,16H2. The number of amides is 1. The minimum atomic E-state index is -0.165. The SMILES string of the molecule is O=C(c1cccc(Oc2ccccc2)c1)N(CCO)Cc1cccnc1. The third kappa shape index (κ3) is 4.68. The molecular weight excluding hydrogens is 328 g/mol. The lowest BCUT2D eigenvalue weighted by Gasteiger charge is -2.22. The average molecular weight is 348 g/mol. The van der Waals surface area contributed by atoms with Crippen LogP contribution >= 0.6 is 0 Å². The van der Waals surface area contributed by atoms with Crippen molar-refractivity contribution >= 4 is 5.91 Å². The van der Waals surface area contributed by atoms with Crippen molar-refractivity contribution < 1.29 is 14.6 Å². The van der Waals surface area contributed by atoms with Crippen LogP contribution in [0.2, 0.25) is 0 Å². The minimum Gasteiger partial charge on any atom is -0.457 e. The van der Waals surface area contributed by atoms with Crippen LogP contribution in [0.5, 0.6) is 11.5 Å². The number of hydrogen-bond acceptors (Lipinski definition) is 4. The largest absolute Gasteiger partial charge is 0.457 e. The number of nitrogens with zero attached hydrogens (tertiary/aromatic N) is 2. The van der Waals surface area contributed by atoms with Crippen molar-refractivity contribution in [2.45, 2.75) is 6.54 Å². The van der Waals surface area contributed by atoms with Gasteiger partial charge in [-0.25, -0.2) is 0 Å². The molecule has 0 bridgehead atoms. The predicted octanol–water partition coefficient (Wildman–Crippen LogP) is 3.51. The van der Waals surface area contributed by atoms with Crippen LogP contribution in [0.3, 0.4) is 0 Å². The summed E-state index contributed by atoms with van der Waals surface area (Å²) in [5.41, 5.74) is 1.42. The lowest BCUT2D eigenvalue weighted by atomic mass is 10.1. The van der Waals surface area contributed by atoms with E-state index in [1.165, 1.54) is 0 Å². The maximum Gasteiger partial charge on any atom is 0.254 e. The molecule has 0 aliphatic carbocycles. The lowest BCUT2D eigenvalue weighted by Crippen LogP contribution is -2.33. The molecule has 0 fully saturated rings. The molecule has 3 rings (SSSR count). The molecule has 0 aliphatic heterocycles. The number of para-hydroxylation sites is 1. The molecule has 0 saturated heterocycles. The van der Waals surface area contributed by atoms with E-state index in [1.807, 2.05) is 42.5 Å². The molecule has 2 aromatic carbocycles. The predicted molar refractivity (Wildman–Crippen MR) is 99.0 cm³/mol. The Hall–Kier alpha value is -3.18. The summed E-state index contributed by atoms with van der Waals surface area (Å²) in [4.78, 5) is 18.5.